The Morgan fingerprint density at radius 2 is 2.00 bits per heavy atom. The third-order valence-electron chi connectivity index (χ3n) is 3.55. The molecule has 4 unspecified atom stereocenters. The minimum Gasteiger partial charge on any atom is -0.386 e. The number of hydrogen-bond acceptors (Lipinski definition) is 9. The molecule has 24 heavy (non-hydrogen) atoms. The molecule has 0 aliphatic carbocycles. The molecule has 0 saturated carbocycles. The molecule has 10 nitrogen and oxygen atoms in total. The lowest BCUT2D eigenvalue weighted by Crippen LogP contribution is -2.55. The minimum atomic E-state index is -3.43. The zero-order chi connectivity index (χ0) is 18.7. The average Bonchev–Trinajstić information content (AvgIpc) is 2.71. The molecule has 1 aliphatic heterocycles. The Hall–Kier alpha value is -2.00. The summed E-state index contributed by atoms with van der Waals surface area (Å²) in [5.41, 5.74) is -2.09. The van der Waals surface area contributed by atoms with Gasteiger partial charge < -0.3 is 35.2 Å². The van der Waals surface area contributed by atoms with E-state index in [9.17, 15) is 35.1 Å². The highest BCUT2D eigenvalue weighted by molar-refractivity contribution is 5.94. The van der Waals surface area contributed by atoms with Crippen molar-refractivity contribution in [2.24, 2.45) is 0 Å². The largest absolute Gasteiger partial charge is 0.386 e. The van der Waals surface area contributed by atoms with Crippen molar-refractivity contribution in [2.45, 2.75) is 43.9 Å². The number of ether oxygens (including phenoxy) is 1. The van der Waals surface area contributed by atoms with Crippen LogP contribution >= 0.6 is 0 Å². The molecule has 1 aliphatic rings. The van der Waals surface area contributed by atoms with Crippen LogP contribution in [0.4, 0.5) is 0 Å². The Bertz CT molecular complexity index is 588. The molecular weight excluding hydrogens is 324 g/mol. The summed E-state index contributed by atoms with van der Waals surface area (Å²) >= 11 is 0. The lowest BCUT2D eigenvalue weighted by atomic mass is 9.93. The molecule has 1 fully saturated rings. The van der Waals surface area contributed by atoms with Gasteiger partial charge in [0.2, 0.25) is 6.41 Å². The molecule has 4 atom stereocenters. The number of aliphatic hydroxyl groups is 5. The zero-order valence-electron chi connectivity index (χ0n) is 13.3. The molecule has 0 aromatic rings. The molecule has 1 heterocycles. The first kappa shape index (κ1) is 20.0. The Morgan fingerprint density at radius 1 is 1.42 bits per heavy atom. The van der Waals surface area contributed by atoms with Crippen LogP contribution in [0.3, 0.4) is 0 Å². The Balaban J connectivity index is 3.20. The summed E-state index contributed by atoms with van der Waals surface area (Å²) in [7, 11) is 1.37. The number of amides is 2. The van der Waals surface area contributed by atoms with Crippen LogP contribution in [-0.4, -0.2) is 79.8 Å². The topological polar surface area (TPSA) is 160 Å². The third-order valence-corrected chi connectivity index (χ3v) is 3.55. The molecule has 0 spiro atoms. The number of allylic oxidation sites excluding steroid dienone is 1. The fourth-order valence-electron chi connectivity index (χ4n) is 2.30. The lowest BCUT2D eigenvalue weighted by molar-refractivity contribution is -0.368. The molecule has 2 amide bonds. The number of carbonyl (C=O) groups is 2. The summed E-state index contributed by atoms with van der Waals surface area (Å²) in [5, 5.41) is 50.4. The van der Waals surface area contributed by atoms with E-state index in [2.05, 4.69) is 11.8 Å². The second kappa shape index (κ2) is 7.27. The summed E-state index contributed by atoms with van der Waals surface area (Å²) in [6, 6.07) is 0. The van der Waals surface area contributed by atoms with Crippen LogP contribution < -0.4 is 5.32 Å². The molecule has 1 rings (SSSR count). The number of carbonyl (C=O) groups excluding carboxylic acids is 2. The van der Waals surface area contributed by atoms with Crippen LogP contribution in [0.25, 0.3) is 0 Å². The van der Waals surface area contributed by atoms with Gasteiger partial charge in [0, 0.05) is 18.8 Å². The number of rotatable bonds is 5. The fraction of sp³-hybridized carbons (Fsp3) is 0.571. The van der Waals surface area contributed by atoms with Gasteiger partial charge in [-0.25, -0.2) is 0 Å². The van der Waals surface area contributed by atoms with E-state index in [1.807, 2.05) is 5.32 Å². The van der Waals surface area contributed by atoms with Crippen LogP contribution in [0.5, 0.6) is 0 Å². The first-order valence-corrected chi connectivity index (χ1v) is 6.81. The third kappa shape index (κ3) is 3.90. The van der Waals surface area contributed by atoms with Gasteiger partial charge in [0.05, 0.1) is 0 Å². The molecule has 6 N–H and O–H groups in total. The predicted molar refractivity (Wildman–Crippen MR) is 78.2 cm³/mol. The predicted octanol–water partition coefficient (Wildman–Crippen LogP) is -3.43. The maximum atomic E-state index is 11.4. The smallest absolute Gasteiger partial charge is 0.306 e. The summed E-state index contributed by atoms with van der Waals surface area (Å²) in [4.78, 5) is 22.8. The molecule has 1 saturated heterocycles. The zero-order valence-corrected chi connectivity index (χ0v) is 13.3. The number of hydrogen-bond donors (Lipinski definition) is 6. The standard InChI is InChI=1S/C14H20N2O8/c1-4-5-13(20)10(19)11(14(21,22)23)24-12(13)16(3)8(2)6-9(18)15-7-17/h6-7,10-12,19-23H,1-3H3,(H,15,17,18)/b8-6-. The summed E-state index contributed by atoms with van der Waals surface area (Å²) in [5.74, 6) is 0.523. The van der Waals surface area contributed by atoms with Gasteiger partial charge in [-0.15, -0.1) is 5.92 Å². The van der Waals surface area contributed by atoms with Crippen LogP contribution in [0.15, 0.2) is 11.8 Å². The Labute approximate surface area is 138 Å². The van der Waals surface area contributed by atoms with Gasteiger partial charge in [0.15, 0.2) is 17.9 Å². The molecule has 0 bridgehead atoms. The second-order valence-corrected chi connectivity index (χ2v) is 5.26. The highest BCUT2D eigenvalue weighted by Crippen LogP contribution is 2.37. The van der Waals surface area contributed by atoms with Gasteiger partial charge in [-0.1, -0.05) is 5.92 Å². The van der Waals surface area contributed by atoms with E-state index in [1.165, 1.54) is 25.8 Å². The number of nitrogens with one attached hydrogen (secondary N) is 1. The van der Waals surface area contributed by atoms with E-state index in [4.69, 9.17) is 4.74 Å². The normalized spacial score (nSPS) is 30.3. The van der Waals surface area contributed by atoms with E-state index >= 15 is 0 Å². The van der Waals surface area contributed by atoms with Crippen molar-refractivity contribution in [3.63, 3.8) is 0 Å². The van der Waals surface area contributed by atoms with Gasteiger partial charge in [-0.05, 0) is 13.8 Å². The Morgan fingerprint density at radius 3 is 2.46 bits per heavy atom. The number of likely N-dealkylation sites (N-methyl/N-ethyl adjacent to an activating group) is 1. The summed E-state index contributed by atoms with van der Waals surface area (Å²) in [6.07, 6.45) is -4.19. The van der Waals surface area contributed by atoms with Crippen molar-refractivity contribution in [3.8, 4) is 11.8 Å². The van der Waals surface area contributed by atoms with E-state index in [0.29, 0.717) is 0 Å². The average molecular weight is 344 g/mol. The first-order chi connectivity index (χ1) is 11.0. The van der Waals surface area contributed by atoms with Crippen LogP contribution in [-0.2, 0) is 14.3 Å². The van der Waals surface area contributed by atoms with Crippen molar-refractivity contribution < 1.29 is 39.9 Å². The van der Waals surface area contributed by atoms with Gasteiger partial charge >= 0.3 is 5.97 Å². The fourth-order valence-corrected chi connectivity index (χ4v) is 2.30. The van der Waals surface area contributed by atoms with E-state index < -0.39 is 35.9 Å². The van der Waals surface area contributed by atoms with Gasteiger partial charge in [0.25, 0.3) is 5.91 Å². The Kier molecular flexibility index (Phi) is 6.07. The molecule has 134 valence electrons. The first-order valence-electron chi connectivity index (χ1n) is 6.81. The van der Waals surface area contributed by atoms with Crippen LogP contribution in [0.1, 0.15) is 13.8 Å². The van der Waals surface area contributed by atoms with Crippen LogP contribution in [0.2, 0.25) is 0 Å². The molecule has 0 radical (unpaired) electrons. The van der Waals surface area contributed by atoms with Crippen molar-refractivity contribution in [1.29, 1.82) is 0 Å². The number of nitrogens with zero attached hydrogens (tertiary/aromatic N) is 1. The number of aliphatic hydroxyl groups excluding tert-OH is 1. The highest BCUT2D eigenvalue weighted by Gasteiger charge is 2.62. The number of imide groups is 1. The van der Waals surface area contributed by atoms with E-state index in [0.717, 1.165) is 6.08 Å². The van der Waals surface area contributed by atoms with Crippen molar-refractivity contribution in [3.05, 3.63) is 11.8 Å². The molecule has 0 aromatic carbocycles. The van der Waals surface area contributed by atoms with E-state index in [1.54, 1.807) is 0 Å². The second-order valence-electron chi connectivity index (χ2n) is 5.26. The summed E-state index contributed by atoms with van der Waals surface area (Å²) < 4.78 is 5.16. The van der Waals surface area contributed by atoms with Crippen molar-refractivity contribution >= 4 is 12.3 Å². The SMILES string of the molecule is CC#CC1(O)C(O)C(C(O)(O)O)OC1N(C)/C(C)=C\C(=O)NC=O. The van der Waals surface area contributed by atoms with Gasteiger partial charge in [-0.2, -0.15) is 0 Å². The van der Waals surface area contributed by atoms with E-state index in [-0.39, 0.29) is 12.1 Å². The quantitative estimate of drug-likeness (QED) is 0.129. The molecule has 10 heteroatoms. The van der Waals surface area contributed by atoms with Gasteiger partial charge in [0.1, 0.15) is 6.10 Å². The summed E-state index contributed by atoms with van der Waals surface area (Å²) in [6.45, 7) is 2.82. The minimum absolute atomic E-state index is 0.189. The maximum Gasteiger partial charge on any atom is 0.306 e. The monoisotopic (exact) mass is 344 g/mol. The van der Waals surface area contributed by atoms with Crippen molar-refractivity contribution in [2.75, 3.05) is 7.05 Å². The maximum absolute atomic E-state index is 11.4. The molecular formula is C14H20N2O8. The highest BCUT2D eigenvalue weighted by atomic mass is 16.7. The lowest BCUT2D eigenvalue weighted by Gasteiger charge is -2.34. The van der Waals surface area contributed by atoms with Crippen molar-refractivity contribution in [1.82, 2.24) is 10.2 Å². The van der Waals surface area contributed by atoms with Gasteiger partial charge in [-0.3, -0.25) is 14.9 Å². The molecule has 0 aromatic heterocycles. The van der Waals surface area contributed by atoms with Crippen LogP contribution in [0, 0.1) is 11.8 Å².